The number of fused-ring (bicyclic) bond motifs is 2. The largest absolute Gasteiger partial charge is 0.355 e. The Kier molecular flexibility index (Phi) is 5.07. The van der Waals surface area contributed by atoms with Gasteiger partial charge in [-0.15, -0.1) is 0 Å². The lowest BCUT2D eigenvalue weighted by molar-refractivity contribution is -0.120. The number of carbonyl (C=O) groups excluding carboxylic acids is 2. The van der Waals surface area contributed by atoms with Crippen molar-refractivity contribution in [2.75, 3.05) is 23.9 Å². The molecule has 166 valence electrons. The number of carbonyl (C=O) groups is 2. The predicted molar refractivity (Wildman–Crippen MR) is 124 cm³/mol. The van der Waals surface area contributed by atoms with E-state index in [0.29, 0.717) is 17.6 Å². The van der Waals surface area contributed by atoms with Crippen molar-refractivity contribution in [1.29, 1.82) is 0 Å². The second-order valence-corrected chi connectivity index (χ2v) is 8.58. The van der Waals surface area contributed by atoms with Gasteiger partial charge in [-0.1, -0.05) is 19.8 Å². The van der Waals surface area contributed by atoms with E-state index in [9.17, 15) is 9.59 Å². The van der Waals surface area contributed by atoms with Gasteiger partial charge in [0, 0.05) is 37.3 Å². The van der Waals surface area contributed by atoms with Crippen LogP contribution in [0, 0.1) is 0 Å². The molecule has 1 N–H and O–H groups in total. The lowest BCUT2D eigenvalue weighted by Crippen LogP contribution is -2.55. The number of amides is 2. The lowest BCUT2D eigenvalue weighted by Gasteiger charge is -2.43. The van der Waals surface area contributed by atoms with Gasteiger partial charge in [0.05, 0.1) is 11.7 Å². The van der Waals surface area contributed by atoms with Crippen molar-refractivity contribution >= 4 is 34.2 Å². The highest BCUT2D eigenvalue weighted by Gasteiger charge is 2.41. The number of rotatable bonds is 4. The summed E-state index contributed by atoms with van der Waals surface area (Å²) in [6, 6.07) is 7.69. The van der Waals surface area contributed by atoms with Gasteiger partial charge in [-0.05, 0) is 43.5 Å². The monoisotopic (exact) mass is 432 g/mol. The SMILES string of the molecule is CCC1C(=O)N(C)c2cnc(-n3ccc4cc(C(=O)NC)ccc43)nc2N1C1CCCC1. The zero-order valence-corrected chi connectivity index (χ0v) is 18.7. The van der Waals surface area contributed by atoms with Crippen LogP contribution in [-0.2, 0) is 4.79 Å². The maximum absolute atomic E-state index is 13.1. The third-order valence-corrected chi connectivity index (χ3v) is 6.79. The van der Waals surface area contributed by atoms with Gasteiger partial charge in [-0.2, -0.15) is 4.98 Å². The van der Waals surface area contributed by atoms with Crippen LogP contribution in [0.1, 0.15) is 49.4 Å². The average molecular weight is 433 g/mol. The Morgan fingerprint density at radius 1 is 1.22 bits per heavy atom. The molecule has 8 nitrogen and oxygen atoms in total. The van der Waals surface area contributed by atoms with E-state index >= 15 is 0 Å². The van der Waals surface area contributed by atoms with Crippen molar-refractivity contribution in [1.82, 2.24) is 19.9 Å². The van der Waals surface area contributed by atoms with Crippen molar-refractivity contribution in [3.63, 3.8) is 0 Å². The van der Waals surface area contributed by atoms with Crippen molar-refractivity contribution in [3.8, 4) is 5.95 Å². The Morgan fingerprint density at radius 3 is 2.72 bits per heavy atom. The molecule has 1 fully saturated rings. The lowest BCUT2D eigenvalue weighted by atomic mass is 10.0. The highest BCUT2D eigenvalue weighted by Crippen LogP contribution is 2.39. The Hall–Kier alpha value is -3.42. The van der Waals surface area contributed by atoms with E-state index in [-0.39, 0.29) is 17.9 Å². The second-order valence-electron chi connectivity index (χ2n) is 8.58. The molecule has 1 saturated carbocycles. The van der Waals surface area contributed by atoms with Crippen LogP contribution in [0.5, 0.6) is 0 Å². The summed E-state index contributed by atoms with van der Waals surface area (Å²) in [5.41, 5.74) is 2.30. The molecule has 0 radical (unpaired) electrons. The molecule has 1 aromatic carbocycles. The molecule has 3 heterocycles. The zero-order chi connectivity index (χ0) is 22.4. The molecule has 8 heteroatoms. The molecule has 5 rings (SSSR count). The number of anilines is 2. The van der Waals surface area contributed by atoms with Crippen LogP contribution < -0.4 is 15.1 Å². The van der Waals surface area contributed by atoms with Gasteiger partial charge in [-0.25, -0.2) is 4.98 Å². The van der Waals surface area contributed by atoms with E-state index in [0.717, 1.165) is 41.7 Å². The Bertz CT molecular complexity index is 1200. The first-order valence-electron chi connectivity index (χ1n) is 11.3. The summed E-state index contributed by atoms with van der Waals surface area (Å²) in [5.74, 6) is 1.39. The Morgan fingerprint density at radius 2 is 2.00 bits per heavy atom. The summed E-state index contributed by atoms with van der Waals surface area (Å²) in [5, 5.41) is 3.60. The molecule has 2 amide bonds. The van der Waals surface area contributed by atoms with Crippen molar-refractivity contribution in [3.05, 3.63) is 42.2 Å². The molecule has 0 spiro atoms. The quantitative estimate of drug-likeness (QED) is 0.684. The van der Waals surface area contributed by atoms with Crippen LogP contribution in [0.4, 0.5) is 11.5 Å². The minimum Gasteiger partial charge on any atom is -0.355 e. The average Bonchev–Trinajstić information content (AvgIpc) is 3.50. The Labute approximate surface area is 187 Å². The smallest absolute Gasteiger partial charge is 0.251 e. The summed E-state index contributed by atoms with van der Waals surface area (Å²) in [4.78, 5) is 38.6. The molecule has 1 unspecified atom stereocenters. The first-order chi connectivity index (χ1) is 15.5. The van der Waals surface area contributed by atoms with Crippen molar-refractivity contribution in [2.24, 2.45) is 0 Å². The summed E-state index contributed by atoms with van der Waals surface area (Å²) in [6.45, 7) is 2.06. The third kappa shape index (κ3) is 3.13. The van der Waals surface area contributed by atoms with Crippen molar-refractivity contribution in [2.45, 2.75) is 51.1 Å². The molecule has 0 bridgehead atoms. The van der Waals surface area contributed by atoms with Gasteiger partial charge < -0.3 is 15.1 Å². The zero-order valence-electron chi connectivity index (χ0n) is 18.7. The number of nitrogens with zero attached hydrogens (tertiary/aromatic N) is 5. The van der Waals surface area contributed by atoms with Gasteiger partial charge in [0.15, 0.2) is 5.82 Å². The fourth-order valence-electron chi connectivity index (χ4n) is 5.09. The van der Waals surface area contributed by atoms with Gasteiger partial charge in [0.1, 0.15) is 11.7 Å². The molecule has 3 aromatic rings. The number of hydrogen-bond acceptors (Lipinski definition) is 5. The molecular weight excluding hydrogens is 404 g/mol. The Balaban J connectivity index is 1.61. The topological polar surface area (TPSA) is 83.4 Å². The molecular formula is C24H28N6O2. The maximum Gasteiger partial charge on any atom is 0.251 e. The standard InChI is InChI=1S/C24H28N6O2/c1-4-18-23(32)28(3)20-14-26-24(27-21(20)30(18)17-7-5-6-8-17)29-12-11-15-13-16(22(31)25-2)9-10-19(15)29/h9-14,17-18H,4-8H2,1-3H3,(H,25,31). The van der Waals surface area contributed by atoms with E-state index in [1.165, 1.54) is 12.8 Å². The molecule has 1 aliphatic heterocycles. The third-order valence-electron chi connectivity index (χ3n) is 6.79. The first-order valence-corrected chi connectivity index (χ1v) is 11.3. The molecule has 2 aromatic heterocycles. The molecule has 2 aliphatic rings. The summed E-state index contributed by atoms with van der Waals surface area (Å²) in [7, 11) is 3.43. The number of hydrogen-bond donors (Lipinski definition) is 1. The van der Waals surface area contributed by atoms with Gasteiger partial charge >= 0.3 is 0 Å². The summed E-state index contributed by atoms with van der Waals surface area (Å²) in [6.07, 6.45) is 8.97. The minimum absolute atomic E-state index is 0.108. The number of likely N-dealkylation sites (N-methyl/N-ethyl adjacent to an activating group) is 1. The van der Waals surface area contributed by atoms with Gasteiger partial charge in [0.25, 0.3) is 5.91 Å². The first kappa shape index (κ1) is 20.5. The number of benzene rings is 1. The minimum atomic E-state index is -0.199. The highest BCUT2D eigenvalue weighted by atomic mass is 16.2. The van der Waals surface area contributed by atoms with Crippen LogP contribution in [0.25, 0.3) is 16.9 Å². The van der Waals surface area contributed by atoms with Crippen LogP contribution in [-0.4, -0.2) is 52.5 Å². The van der Waals surface area contributed by atoms with E-state index in [2.05, 4.69) is 22.1 Å². The molecule has 1 aliphatic carbocycles. The summed E-state index contributed by atoms with van der Waals surface area (Å²) < 4.78 is 1.94. The van der Waals surface area contributed by atoms with E-state index in [1.54, 1.807) is 24.2 Å². The highest BCUT2D eigenvalue weighted by molar-refractivity contribution is 6.04. The fourth-order valence-corrected chi connectivity index (χ4v) is 5.09. The molecule has 1 atom stereocenters. The van der Waals surface area contributed by atoms with Crippen LogP contribution >= 0.6 is 0 Å². The maximum atomic E-state index is 13.1. The molecule has 0 saturated heterocycles. The van der Waals surface area contributed by atoms with E-state index < -0.39 is 0 Å². The van der Waals surface area contributed by atoms with Crippen molar-refractivity contribution < 1.29 is 9.59 Å². The number of aromatic nitrogens is 3. The molecule has 32 heavy (non-hydrogen) atoms. The fraction of sp³-hybridized carbons (Fsp3) is 0.417. The van der Waals surface area contributed by atoms with Crippen LogP contribution in [0.15, 0.2) is 36.7 Å². The van der Waals surface area contributed by atoms with Gasteiger partial charge in [0.2, 0.25) is 11.9 Å². The van der Waals surface area contributed by atoms with E-state index in [1.807, 2.05) is 36.0 Å². The van der Waals surface area contributed by atoms with E-state index in [4.69, 9.17) is 4.98 Å². The van der Waals surface area contributed by atoms with Crippen LogP contribution in [0.2, 0.25) is 0 Å². The predicted octanol–water partition coefficient (Wildman–Crippen LogP) is 3.28. The second kappa shape index (κ2) is 7.93. The van der Waals surface area contributed by atoms with Gasteiger partial charge in [-0.3, -0.25) is 14.2 Å². The van der Waals surface area contributed by atoms with Crippen LogP contribution in [0.3, 0.4) is 0 Å². The normalized spacial score (nSPS) is 19.0. The summed E-state index contributed by atoms with van der Waals surface area (Å²) >= 11 is 0. The number of nitrogens with one attached hydrogen (secondary N) is 1.